The smallest absolute Gasteiger partial charge is 0.326 e. The fourth-order valence-electron chi connectivity index (χ4n) is 3.14. The van der Waals surface area contributed by atoms with Gasteiger partial charge in [-0.25, -0.2) is 13.9 Å². The molecule has 2 aliphatic rings. The number of benzene rings is 1. The summed E-state index contributed by atoms with van der Waals surface area (Å²) in [5.74, 6) is -0.359. The molecule has 1 aromatic heterocycles. The highest BCUT2D eigenvalue weighted by molar-refractivity contribution is 8.01. The third-order valence-corrected chi connectivity index (χ3v) is 8.04. The minimum atomic E-state index is -0.990. The molecule has 12 heteroatoms. The molecule has 0 bridgehead atoms. The number of hydrogen-bond donors (Lipinski definition) is 1. The maximum atomic E-state index is 12.7. The summed E-state index contributed by atoms with van der Waals surface area (Å²) in [6.07, 6.45) is 0. The van der Waals surface area contributed by atoms with Crippen molar-refractivity contribution >= 4 is 53.1 Å². The molecule has 3 unspecified atom stereocenters. The average Bonchev–Trinajstić information content (AvgIpc) is 3.11. The second kappa shape index (κ2) is 8.36. The second-order valence-electron chi connectivity index (χ2n) is 6.72. The first kappa shape index (κ1) is 20.2. The van der Waals surface area contributed by atoms with Crippen molar-refractivity contribution in [3.8, 4) is 0 Å². The van der Waals surface area contributed by atoms with Gasteiger partial charge in [0.1, 0.15) is 17.1 Å². The summed E-state index contributed by atoms with van der Waals surface area (Å²) in [6, 6.07) is 7.01. The van der Waals surface area contributed by atoms with Crippen molar-refractivity contribution in [1.29, 1.82) is 0 Å². The Hall–Kier alpha value is -2.05. The molecule has 1 aromatic carbocycles. The summed E-state index contributed by atoms with van der Waals surface area (Å²) in [5.41, 5.74) is 1.58. The van der Waals surface area contributed by atoms with Crippen LogP contribution in [0.2, 0.25) is 0 Å². The first-order valence-corrected chi connectivity index (χ1v) is 11.6. The van der Waals surface area contributed by atoms with Crippen LogP contribution >= 0.6 is 35.5 Å². The number of aromatic nitrogens is 4. The van der Waals surface area contributed by atoms with Crippen LogP contribution < -0.4 is 0 Å². The number of hydrogen-bond acceptors (Lipinski definition) is 9. The van der Waals surface area contributed by atoms with E-state index in [1.165, 1.54) is 28.6 Å². The van der Waals surface area contributed by atoms with E-state index in [-0.39, 0.29) is 17.2 Å². The molecule has 2 fully saturated rings. The summed E-state index contributed by atoms with van der Waals surface area (Å²) in [6.45, 7) is 2.01. The highest BCUT2D eigenvalue weighted by Crippen LogP contribution is 2.41. The van der Waals surface area contributed by atoms with E-state index in [4.69, 9.17) is 0 Å². The number of thioether (sulfide) groups is 2. The van der Waals surface area contributed by atoms with E-state index >= 15 is 0 Å². The number of β-lactam (4-membered cyclic amide) rings is 1. The Labute approximate surface area is 179 Å². The quantitative estimate of drug-likeness (QED) is 0.399. The van der Waals surface area contributed by atoms with Crippen molar-refractivity contribution in [3.05, 3.63) is 29.8 Å². The fourth-order valence-corrected chi connectivity index (χ4v) is 6.41. The third-order valence-electron chi connectivity index (χ3n) is 4.69. The number of carboxylic acids is 1. The van der Waals surface area contributed by atoms with E-state index < -0.39 is 12.0 Å². The van der Waals surface area contributed by atoms with Crippen LogP contribution in [0.15, 0.2) is 38.7 Å². The number of aryl methyl sites for hydroxylation is 2. The van der Waals surface area contributed by atoms with Gasteiger partial charge in [-0.15, -0.1) is 16.9 Å². The topological polar surface area (TPSA) is 114 Å². The van der Waals surface area contributed by atoms with E-state index in [1.807, 2.05) is 31.2 Å². The molecule has 2 aliphatic heterocycles. The summed E-state index contributed by atoms with van der Waals surface area (Å²) in [7, 11) is 1.73. The predicted molar refractivity (Wildman–Crippen MR) is 112 cm³/mol. The van der Waals surface area contributed by atoms with E-state index in [1.54, 1.807) is 23.5 Å². The van der Waals surface area contributed by atoms with Crippen molar-refractivity contribution < 1.29 is 14.7 Å². The molecule has 152 valence electrons. The Morgan fingerprint density at radius 3 is 2.79 bits per heavy atom. The van der Waals surface area contributed by atoms with Crippen molar-refractivity contribution in [2.45, 2.75) is 28.4 Å². The Morgan fingerprint density at radius 2 is 2.14 bits per heavy atom. The number of carboxylic acid groups (broad SMARTS) is 1. The standard InChI is InChI=1S/C17H18N6O3S3/c1-9-3-5-11(6-4-9)29-19-12-14(24)23-13(16(25)26)10(7-27-15(12)23)8-28-17-18-20-21-22(17)2/h3-6,10,13,15H,7-8H2,1-2H3,(H,25,26). The normalized spacial score (nSPS) is 25.0. The van der Waals surface area contributed by atoms with Crippen LogP contribution in [0.1, 0.15) is 5.56 Å². The maximum absolute atomic E-state index is 12.7. The lowest BCUT2D eigenvalue weighted by Crippen LogP contribution is -2.70. The van der Waals surface area contributed by atoms with Gasteiger partial charge in [-0.2, -0.15) is 0 Å². The lowest BCUT2D eigenvalue weighted by atomic mass is 9.96. The van der Waals surface area contributed by atoms with Crippen LogP contribution in [0.5, 0.6) is 0 Å². The number of carbonyl (C=O) groups excluding carboxylic acids is 1. The first-order chi connectivity index (χ1) is 14.0. The lowest BCUT2D eigenvalue weighted by molar-refractivity contribution is -0.152. The second-order valence-corrected chi connectivity index (χ2v) is 9.66. The summed E-state index contributed by atoms with van der Waals surface area (Å²) in [4.78, 5) is 27.0. The Morgan fingerprint density at radius 1 is 1.38 bits per heavy atom. The molecule has 9 nitrogen and oxygen atoms in total. The van der Waals surface area contributed by atoms with E-state index in [9.17, 15) is 14.7 Å². The van der Waals surface area contributed by atoms with Crippen molar-refractivity contribution in [1.82, 2.24) is 25.1 Å². The van der Waals surface area contributed by atoms with Gasteiger partial charge in [0.2, 0.25) is 5.16 Å². The van der Waals surface area contributed by atoms with Gasteiger partial charge in [0.25, 0.3) is 5.91 Å². The maximum Gasteiger partial charge on any atom is 0.326 e. The molecular weight excluding hydrogens is 432 g/mol. The van der Waals surface area contributed by atoms with Gasteiger partial charge >= 0.3 is 5.97 Å². The molecule has 1 N–H and O–H groups in total. The van der Waals surface area contributed by atoms with Gasteiger partial charge in [-0.05, 0) is 29.5 Å². The minimum absolute atomic E-state index is 0.203. The third kappa shape index (κ3) is 4.01. The van der Waals surface area contributed by atoms with E-state index in [0.717, 1.165) is 10.5 Å². The molecule has 4 rings (SSSR count). The van der Waals surface area contributed by atoms with Crippen molar-refractivity contribution in [2.75, 3.05) is 11.5 Å². The molecule has 3 heterocycles. The molecule has 0 aliphatic carbocycles. The minimum Gasteiger partial charge on any atom is -0.480 e. The molecular formula is C17H18N6O3S3. The van der Waals surface area contributed by atoms with Gasteiger partial charge in [-0.3, -0.25) is 4.79 Å². The molecule has 3 atom stereocenters. The number of tetrazole rings is 1. The largest absolute Gasteiger partial charge is 0.480 e. The predicted octanol–water partition coefficient (Wildman–Crippen LogP) is 1.74. The SMILES string of the molecule is Cc1ccc(SN=C2C(=O)N3C2SCC(CSc2nnnn2C)C3C(=O)O)cc1. The van der Waals surface area contributed by atoms with Crippen LogP contribution in [0.4, 0.5) is 0 Å². The van der Waals surface area contributed by atoms with Gasteiger partial charge in [-0.1, -0.05) is 29.5 Å². The number of aliphatic carboxylic acids is 1. The molecule has 29 heavy (non-hydrogen) atoms. The van der Waals surface area contributed by atoms with Crippen LogP contribution in [0, 0.1) is 12.8 Å². The lowest BCUT2D eigenvalue weighted by Gasteiger charge is -2.50. The fraction of sp³-hybridized carbons (Fsp3) is 0.412. The zero-order chi connectivity index (χ0) is 20.5. The average molecular weight is 451 g/mol. The summed E-state index contributed by atoms with van der Waals surface area (Å²) in [5, 5.41) is 21.4. The molecule has 0 saturated carbocycles. The van der Waals surface area contributed by atoms with Crippen molar-refractivity contribution in [2.24, 2.45) is 17.4 Å². The summed E-state index contributed by atoms with van der Waals surface area (Å²) >= 11 is 4.20. The Kier molecular flexibility index (Phi) is 5.83. The summed E-state index contributed by atoms with van der Waals surface area (Å²) < 4.78 is 5.95. The van der Waals surface area contributed by atoms with Gasteiger partial charge in [0.15, 0.2) is 0 Å². The zero-order valence-electron chi connectivity index (χ0n) is 15.6. The Bertz CT molecular complexity index is 964. The first-order valence-electron chi connectivity index (χ1n) is 8.79. The number of carbonyl (C=O) groups is 2. The van der Waals surface area contributed by atoms with Gasteiger partial charge in [0, 0.05) is 41.3 Å². The highest BCUT2D eigenvalue weighted by atomic mass is 32.2. The zero-order valence-corrected chi connectivity index (χ0v) is 18.1. The van der Waals surface area contributed by atoms with Gasteiger partial charge < -0.3 is 10.0 Å². The monoisotopic (exact) mass is 450 g/mol. The van der Waals surface area contributed by atoms with Crippen molar-refractivity contribution in [3.63, 3.8) is 0 Å². The molecule has 0 radical (unpaired) electrons. The van der Waals surface area contributed by atoms with Crippen LogP contribution in [0.25, 0.3) is 0 Å². The van der Waals surface area contributed by atoms with Crippen LogP contribution in [-0.4, -0.2) is 70.7 Å². The van der Waals surface area contributed by atoms with Crippen LogP contribution in [-0.2, 0) is 16.6 Å². The number of amides is 1. The van der Waals surface area contributed by atoms with E-state index in [2.05, 4.69) is 19.9 Å². The molecule has 0 spiro atoms. The molecule has 2 aromatic rings. The number of fused-ring (bicyclic) bond motifs is 1. The Balaban J connectivity index is 1.44. The molecule has 1 amide bonds. The number of rotatable bonds is 6. The van der Waals surface area contributed by atoms with Crippen LogP contribution in [0.3, 0.4) is 0 Å². The van der Waals surface area contributed by atoms with Gasteiger partial charge in [0.05, 0.1) is 0 Å². The van der Waals surface area contributed by atoms with E-state index in [0.29, 0.717) is 22.4 Å². The number of nitrogens with zero attached hydrogens (tertiary/aromatic N) is 6. The highest BCUT2D eigenvalue weighted by Gasteiger charge is 2.55. The molecule has 2 saturated heterocycles.